The Kier molecular flexibility index (Phi) is 4.86. The summed E-state index contributed by atoms with van der Waals surface area (Å²) in [5, 5.41) is 8.95. The lowest BCUT2D eigenvalue weighted by Gasteiger charge is -2.30. The van der Waals surface area contributed by atoms with Gasteiger partial charge in [0.15, 0.2) is 23.2 Å². The number of ether oxygens (including phenoxy) is 2. The highest BCUT2D eigenvalue weighted by Crippen LogP contribution is 2.42. The van der Waals surface area contributed by atoms with Crippen molar-refractivity contribution in [2.45, 2.75) is 25.6 Å². The molecule has 11 heteroatoms. The maximum atomic E-state index is 13.4. The highest BCUT2D eigenvalue weighted by molar-refractivity contribution is 7.81. The fraction of sp³-hybridized carbons (Fsp3) is 0.238. The number of rotatable bonds is 2. The van der Waals surface area contributed by atoms with E-state index in [-0.39, 0.29) is 23.2 Å². The Bertz CT molecular complexity index is 1220. The molecule has 32 heavy (non-hydrogen) atoms. The van der Waals surface area contributed by atoms with Crippen LogP contribution in [-0.4, -0.2) is 29.1 Å². The van der Waals surface area contributed by atoms with Crippen molar-refractivity contribution in [2.24, 2.45) is 0 Å². The maximum Gasteiger partial charge on any atom is 0.417 e. The van der Waals surface area contributed by atoms with Gasteiger partial charge < -0.3 is 14.4 Å². The minimum absolute atomic E-state index is 0.0687. The Morgan fingerprint density at radius 3 is 2.44 bits per heavy atom. The summed E-state index contributed by atoms with van der Waals surface area (Å²) in [5.41, 5.74) is -2.72. The molecule has 0 atom stereocenters. The molecule has 1 fully saturated rings. The lowest BCUT2D eigenvalue weighted by molar-refractivity contribution is -0.139. The predicted octanol–water partition coefficient (Wildman–Crippen LogP) is 3.79. The Labute approximate surface area is 185 Å². The summed E-state index contributed by atoms with van der Waals surface area (Å²) < 4.78 is 50.7. The molecule has 2 aromatic carbocycles. The molecule has 2 aromatic rings. The van der Waals surface area contributed by atoms with E-state index in [4.69, 9.17) is 27.0 Å². The number of hydrogen-bond acceptors (Lipinski definition) is 6. The number of halogens is 3. The molecule has 2 aliphatic rings. The summed E-state index contributed by atoms with van der Waals surface area (Å²) in [6.45, 7) is 2.91. The van der Waals surface area contributed by atoms with Crippen molar-refractivity contribution < 1.29 is 32.2 Å². The van der Waals surface area contributed by atoms with Crippen molar-refractivity contribution >= 4 is 40.6 Å². The average Bonchev–Trinajstić information content (AvgIpc) is 2.90. The first-order chi connectivity index (χ1) is 14.9. The predicted molar refractivity (Wildman–Crippen MR) is 110 cm³/mol. The number of thiocarbonyl (C=S) groups is 1. The van der Waals surface area contributed by atoms with Crippen LogP contribution in [0.15, 0.2) is 36.4 Å². The number of benzene rings is 2. The molecular weight excluding hydrogens is 447 g/mol. The zero-order chi connectivity index (χ0) is 23.4. The molecule has 4 rings (SSSR count). The Morgan fingerprint density at radius 1 is 1.09 bits per heavy atom. The van der Waals surface area contributed by atoms with Gasteiger partial charge in [-0.2, -0.15) is 18.4 Å². The lowest BCUT2D eigenvalue weighted by atomic mass is 10.0. The third-order valence-electron chi connectivity index (χ3n) is 5.11. The van der Waals surface area contributed by atoms with Gasteiger partial charge in [-0.1, -0.05) is 0 Å². The fourth-order valence-electron chi connectivity index (χ4n) is 3.58. The second kappa shape index (κ2) is 7.20. The van der Waals surface area contributed by atoms with Gasteiger partial charge in [0.2, 0.25) is 0 Å². The minimum Gasteiger partial charge on any atom is -0.478 e. The largest absolute Gasteiger partial charge is 0.478 e. The molecule has 1 saturated heterocycles. The van der Waals surface area contributed by atoms with E-state index in [2.05, 4.69) is 0 Å². The van der Waals surface area contributed by atoms with E-state index in [0.717, 1.165) is 17.0 Å². The number of esters is 1. The van der Waals surface area contributed by atoms with Crippen LogP contribution < -0.4 is 19.3 Å². The third kappa shape index (κ3) is 3.33. The van der Waals surface area contributed by atoms with Crippen molar-refractivity contribution in [3.05, 3.63) is 47.5 Å². The van der Waals surface area contributed by atoms with Crippen LogP contribution >= 0.6 is 12.2 Å². The van der Waals surface area contributed by atoms with Crippen LogP contribution in [0.3, 0.4) is 0 Å². The third-order valence-corrected chi connectivity index (χ3v) is 5.48. The number of fused-ring (bicyclic) bond motifs is 1. The van der Waals surface area contributed by atoms with E-state index in [9.17, 15) is 22.8 Å². The summed E-state index contributed by atoms with van der Waals surface area (Å²) in [6, 6.07) is 9.09. The van der Waals surface area contributed by atoms with Gasteiger partial charge in [-0.3, -0.25) is 9.69 Å². The molecule has 0 bridgehead atoms. The molecule has 0 unspecified atom stereocenters. The molecule has 164 valence electrons. The molecule has 0 radical (unpaired) electrons. The van der Waals surface area contributed by atoms with Gasteiger partial charge in [0.1, 0.15) is 5.54 Å². The highest BCUT2D eigenvalue weighted by atomic mass is 32.1. The average molecular weight is 461 g/mol. The summed E-state index contributed by atoms with van der Waals surface area (Å²) in [6.07, 6.45) is -4.79. The Hall–Kier alpha value is -3.65. The van der Waals surface area contributed by atoms with Crippen LogP contribution in [0.2, 0.25) is 0 Å². The van der Waals surface area contributed by atoms with Crippen LogP contribution in [0.5, 0.6) is 11.5 Å². The van der Waals surface area contributed by atoms with Crippen LogP contribution in [-0.2, 0) is 15.8 Å². The number of hydrogen-bond donors (Lipinski definition) is 0. The van der Waals surface area contributed by atoms with Gasteiger partial charge in [0.05, 0.1) is 22.9 Å². The van der Waals surface area contributed by atoms with Gasteiger partial charge in [0, 0.05) is 11.8 Å². The van der Waals surface area contributed by atoms with Gasteiger partial charge in [-0.05, 0) is 56.4 Å². The van der Waals surface area contributed by atoms with E-state index < -0.39 is 34.7 Å². The number of nitriles is 1. The number of carbonyl (C=O) groups is 2. The van der Waals surface area contributed by atoms with Gasteiger partial charge >= 0.3 is 12.1 Å². The lowest BCUT2D eigenvalue weighted by Crippen LogP contribution is -2.44. The smallest absolute Gasteiger partial charge is 0.417 e. The molecule has 0 N–H and O–H groups in total. The minimum atomic E-state index is -4.79. The first-order valence-electron chi connectivity index (χ1n) is 9.23. The number of nitrogens with zero attached hydrogens (tertiary/aromatic N) is 3. The van der Waals surface area contributed by atoms with Gasteiger partial charge in [0.25, 0.3) is 5.91 Å². The van der Waals surface area contributed by atoms with E-state index >= 15 is 0 Å². The maximum absolute atomic E-state index is 13.4. The highest BCUT2D eigenvalue weighted by Gasteiger charge is 2.51. The summed E-state index contributed by atoms with van der Waals surface area (Å²) in [7, 11) is 0. The standard InChI is InChI=1S/C21H14F3N3O4S/c1-20(2)18(29)26(12-4-3-11(9-25)14(7-12)21(22,23)24)19(32)27(20)13-5-6-15-16(8-13)31-17(28)10-30-15/h3-8H,10H2,1-2H3. The van der Waals surface area contributed by atoms with Gasteiger partial charge in [-0.25, -0.2) is 4.79 Å². The normalized spacial score (nSPS) is 17.6. The van der Waals surface area contributed by atoms with Crippen LogP contribution in [0.1, 0.15) is 25.0 Å². The molecule has 0 saturated carbocycles. The second-order valence-electron chi connectivity index (χ2n) is 7.55. The van der Waals surface area contributed by atoms with Crippen LogP contribution in [0.25, 0.3) is 0 Å². The Morgan fingerprint density at radius 2 is 1.78 bits per heavy atom. The van der Waals surface area contributed by atoms with E-state index in [1.54, 1.807) is 26.0 Å². The van der Waals surface area contributed by atoms with Gasteiger partial charge in [-0.15, -0.1) is 0 Å². The van der Waals surface area contributed by atoms with E-state index in [1.807, 2.05) is 0 Å². The summed E-state index contributed by atoms with van der Waals surface area (Å²) in [4.78, 5) is 27.2. The molecule has 2 aliphatic heterocycles. The molecular formula is C21H14F3N3O4S. The molecule has 2 heterocycles. The van der Waals surface area contributed by atoms with E-state index in [1.165, 1.54) is 23.1 Å². The quantitative estimate of drug-likeness (QED) is 0.382. The molecule has 0 spiro atoms. The zero-order valence-electron chi connectivity index (χ0n) is 16.7. The Balaban J connectivity index is 1.78. The molecule has 0 aliphatic carbocycles. The van der Waals surface area contributed by atoms with E-state index in [0.29, 0.717) is 11.4 Å². The number of carbonyl (C=O) groups excluding carboxylic acids is 2. The van der Waals surface area contributed by atoms with Crippen molar-refractivity contribution in [3.8, 4) is 17.6 Å². The number of alkyl halides is 3. The monoisotopic (exact) mass is 461 g/mol. The van der Waals surface area contributed by atoms with Crippen molar-refractivity contribution in [1.82, 2.24) is 0 Å². The molecule has 1 amide bonds. The number of anilines is 2. The first-order valence-corrected chi connectivity index (χ1v) is 9.63. The topological polar surface area (TPSA) is 82.9 Å². The van der Waals surface area contributed by atoms with Crippen molar-refractivity contribution in [1.29, 1.82) is 5.26 Å². The second-order valence-corrected chi connectivity index (χ2v) is 7.92. The number of amides is 1. The van der Waals surface area contributed by atoms with Crippen LogP contribution in [0.4, 0.5) is 24.5 Å². The fourth-order valence-corrected chi connectivity index (χ4v) is 4.11. The summed E-state index contributed by atoms with van der Waals surface area (Å²) in [5.74, 6) is -0.679. The van der Waals surface area contributed by atoms with Crippen molar-refractivity contribution in [3.63, 3.8) is 0 Å². The molecule has 0 aromatic heterocycles. The zero-order valence-corrected chi connectivity index (χ0v) is 17.5. The molecule has 7 nitrogen and oxygen atoms in total. The summed E-state index contributed by atoms with van der Waals surface area (Å²) >= 11 is 5.47. The van der Waals surface area contributed by atoms with Crippen molar-refractivity contribution in [2.75, 3.05) is 16.4 Å². The SMILES string of the molecule is CC1(C)C(=O)N(c2ccc(C#N)c(C(F)(F)F)c2)C(=S)N1c1ccc2c(c1)OC(=O)CO2. The van der Waals surface area contributed by atoms with Crippen LogP contribution in [0, 0.1) is 11.3 Å². The first kappa shape index (κ1) is 21.6.